The van der Waals surface area contributed by atoms with E-state index in [0.29, 0.717) is 5.69 Å². The molecule has 25 heavy (non-hydrogen) atoms. The van der Waals surface area contributed by atoms with Gasteiger partial charge in [-0.1, -0.05) is 36.7 Å². The lowest BCUT2D eigenvalue weighted by atomic mass is 10.1. The Morgan fingerprint density at radius 3 is 2.60 bits per heavy atom. The van der Waals surface area contributed by atoms with Crippen LogP contribution in [0.15, 0.2) is 42.5 Å². The second kappa shape index (κ2) is 8.25. The standard InChI is InChI=1S/C17H16ClN3O4/c1-2-11-5-3-4-6-14(11)20-16(22)10-19-17(23)13-8-7-12(18)9-15(13)21(24)25/h3-9H,2,10H2,1H3,(H,19,23)(H,20,22). The molecule has 0 aromatic heterocycles. The highest BCUT2D eigenvalue weighted by atomic mass is 35.5. The summed E-state index contributed by atoms with van der Waals surface area (Å²) in [7, 11) is 0. The molecule has 2 aromatic rings. The number of hydrogen-bond donors (Lipinski definition) is 2. The third-order valence-corrected chi connectivity index (χ3v) is 3.72. The summed E-state index contributed by atoms with van der Waals surface area (Å²) >= 11 is 5.71. The molecule has 0 atom stereocenters. The van der Waals surface area contributed by atoms with Crippen LogP contribution in [0, 0.1) is 10.1 Å². The summed E-state index contributed by atoms with van der Waals surface area (Å²) in [5, 5.41) is 16.2. The number of nitrogens with zero attached hydrogens (tertiary/aromatic N) is 1. The Hall–Kier alpha value is -2.93. The first-order valence-corrected chi connectivity index (χ1v) is 7.90. The molecule has 2 aromatic carbocycles. The van der Waals surface area contributed by atoms with E-state index in [-0.39, 0.29) is 17.1 Å². The number of amides is 2. The molecule has 0 aliphatic heterocycles. The predicted octanol–water partition coefficient (Wildman–Crippen LogP) is 3.18. The van der Waals surface area contributed by atoms with Gasteiger partial charge in [-0.05, 0) is 30.2 Å². The Morgan fingerprint density at radius 1 is 1.20 bits per heavy atom. The number of anilines is 1. The van der Waals surface area contributed by atoms with Crippen LogP contribution in [0.2, 0.25) is 5.02 Å². The molecule has 0 fully saturated rings. The fourth-order valence-electron chi connectivity index (χ4n) is 2.25. The molecule has 0 heterocycles. The third-order valence-electron chi connectivity index (χ3n) is 3.48. The third kappa shape index (κ3) is 4.77. The van der Waals surface area contributed by atoms with Crippen LogP contribution in [0.3, 0.4) is 0 Å². The van der Waals surface area contributed by atoms with Gasteiger partial charge in [0.25, 0.3) is 11.6 Å². The van der Waals surface area contributed by atoms with E-state index in [4.69, 9.17) is 11.6 Å². The molecule has 2 rings (SSSR count). The minimum absolute atomic E-state index is 0.150. The minimum atomic E-state index is -0.720. The zero-order valence-corrected chi connectivity index (χ0v) is 14.2. The Balaban J connectivity index is 2.03. The van der Waals surface area contributed by atoms with Crippen molar-refractivity contribution in [2.45, 2.75) is 13.3 Å². The Morgan fingerprint density at radius 2 is 1.92 bits per heavy atom. The molecule has 8 heteroatoms. The number of benzene rings is 2. The van der Waals surface area contributed by atoms with Gasteiger partial charge >= 0.3 is 0 Å². The number of para-hydroxylation sites is 1. The molecular formula is C17H16ClN3O4. The molecule has 0 saturated carbocycles. The number of aryl methyl sites for hydroxylation is 1. The van der Waals surface area contributed by atoms with E-state index in [1.54, 1.807) is 12.1 Å². The molecule has 0 radical (unpaired) electrons. The summed E-state index contributed by atoms with van der Waals surface area (Å²) in [4.78, 5) is 34.5. The first kappa shape index (κ1) is 18.4. The number of nitrogens with one attached hydrogen (secondary N) is 2. The number of halogens is 1. The highest BCUT2D eigenvalue weighted by molar-refractivity contribution is 6.31. The molecular weight excluding hydrogens is 346 g/mol. The van der Waals surface area contributed by atoms with Crippen molar-refractivity contribution in [3.05, 3.63) is 68.7 Å². The van der Waals surface area contributed by atoms with Crippen molar-refractivity contribution in [2.75, 3.05) is 11.9 Å². The average molecular weight is 362 g/mol. The molecule has 0 aliphatic rings. The number of hydrogen-bond acceptors (Lipinski definition) is 4. The van der Waals surface area contributed by atoms with Crippen molar-refractivity contribution in [3.8, 4) is 0 Å². The van der Waals surface area contributed by atoms with Crippen molar-refractivity contribution in [3.63, 3.8) is 0 Å². The van der Waals surface area contributed by atoms with Crippen LogP contribution in [0.25, 0.3) is 0 Å². The lowest BCUT2D eigenvalue weighted by molar-refractivity contribution is -0.385. The molecule has 7 nitrogen and oxygen atoms in total. The van der Waals surface area contributed by atoms with Gasteiger partial charge in [0.1, 0.15) is 5.56 Å². The highest BCUT2D eigenvalue weighted by Gasteiger charge is 2.21. The largest absolute Gasteiger partial charge is 0.343 e. The molecule has 2 N–H and O–H groups in total. The highest BCUT2D eigenvalue weighted by Crippen LogP contribution is 2.23. The summed E-state index contributed by atoms with van der Waals surface area (Å²) in [6.07, 6.45) is 0.750. The predicted molar refractivity (Wildman–Crippen MR) is 94.9 cm³/mol. The van der Waals surface area contributed by atoms with Crippen LogP contribution in [-0.4, -0.2) is 23.3 Å². The fourth-order valence-corrected chi connectivity index (χ4v) is 2.41. The van der Waals surface area contributed by atoms with E-state index in [1.807, 2.05) is 19.1 Å². The number of carbonyl (C=O) groups excluding carboxylic acids is 2. The maximum Gasteiger partial charge on any atom is 0.283 e. The van der Waals surface area contributed by atoms with Gasteiger partial charge in [0.2, 0.25) is 5.91 Å². The topological polar surface area (TPSA) is 101 Å². The van der Waals surface area contributed by atoms with Crippen molar-refractivity contribution in [1.29, 1.82) is 0 Å². The summed E-state index contributed by atoms with van der Waals surface area (Å²) in [5.74, 6) is -1.15. The normalized spacial score (nSPS) is 10.2. The van der Waals surface area contributed by atoms with Gasteiger partial charge in [-0.3, -0.25) is 19.7 Å². The lowest BCUT2D eigenvalue weighted by Crippen LogP contribution is -2.33. The van der Waals surface area contributed by atoms with Gasteiger partial charge < -0.3 is 10.6 Å². The molecule has 0 bridgehead atoms. The summed E-state index contributed by atoms with van der Waals surface area (Å²) in [5.41, 5.74) is 1.06. The average Bonchev–Trinajstić information content (AvgIpc) is 2.60. The SMILES string of the molecule is CCc1ccccc1NC(=O)CNC(=O)c1ccc(Cl)cc1[N+](=O)[O-]. The van der Waals surface area contributed by atoms with Gasteiger partial charge in [-0.25, -0.2) is 0 Å². The number of carbonyl (C=O) groups is 2. The van der Waals surface area contributed by atoms with Gasteiger partial charge in [0, 0.05) is 16.8 Å². The van der Waals surface area contributed by atoms with Crippen LogP contribution in [0.5, 0.6) is 0 Å². The van der Waals surface area contributed by atoms with Crippen molar-refractivity contribution < 1.29 is 14.5 Å². The number of rotatable bonds is 6. The minimum Gasteiger partial charge on any atom is -0.343 e. The van der Waals surface area contributed by atoms with Gasteiger partial charge in [0.15, 0.2) is 0 Å². The zero-order valence-electron chi connectivity index (χ0n) is 13.4. The van der Waals surface area contributed by atoms with Gasteiger partial charge in [0.05, 0.1) is 11.5 Å². The quantitative estimate of drug-likeness (QED) is 0.609. The van der Waals surface area contributed by atoms with E-state index in [0.717, 1.165) is 18.1 Å². The lowest BCUT2D eigenvalue weighted by Gasteiger charge is -2.10. The maximum atomic E-state index is 12.1. The van der Waals surface area contributed by atoms with Crippen LogP contribution in [0.4, 0.5) is 11.4 Å². The van der Waals surface area contributed by atoms with Crippen molar-refractivity contribution in [1.82, 2.24) is 5.32 Å². The monoisotopic (exact) mass is 361 g/mol. The number of nitro groups is 1. The van der Waals surface area contributed by atoms with Crippen LogP contribution in [-0.2, 0) is 11.2 Å². The summed E-state index contributed by atoms with van der Waals surface area (Å²) in [6.45, 7) is 1.66. The molecule has 0 spiro atoms. The smallest absolute Gasteiger partial charge is 0.283 e. The Labute approximate surface area is 149 Å². The van der Waals surface area contributed by atoms with E-state index >= 15 is 0 Å². The summed E-state index contributed by atoms with van der Waals surface area (Å²) < 4.78 is 0. The van der Waals surface area contributed by atoms with E-state index in [1.165, 1.54) is 12.1 Å². The van der Waals surface area contributed by atoms with Crippen molar-refractivity contribution in [2.24, 2.45) is 0 Å². The van der Waals surface area contributed by atoms with Crippen LogP contribution < -0.4 is 10.6 Å². The fraction of sp³-hybridized carbons (Fsp3) is 0.176. The molecule has 0 saturated heterocycles. The number of nitro benzene ring substituents is 1. The first-order valence-electron chi connectivity index (χ1n) is 7.52. The van der Waals surface area contributed by atoms with Gasteiger partial charge in [-0.2, -0.15) is 0 Å². The molecule has 130 valence electrons. The van der Waals surface area contributed by atoms with Gasteiger partial charge in [-0.15, -0.1) is 0 Å². The molecule has 2 amide bonds. The van der Waals surface area contributed by atoms with E-state index in [9.17, 15) is 19.7 Å². The Kier molecular flexibility index (Phi) is 6.08. The molecule has 0 unspecified atom stereocenters. The van der Waals surface area contributed by atoms with Crippen LogP contribution in [0.1, 0.15) is 22.8 Å². The maximum absolute atomic E-state index is 12.1. The van der Waals surface area contributed by atoms with Crippen molar-refractivity contribution >= 4 is 34.8 Å². The van der Waals surface area contributed by atoms with E-state index < -0.39 is 22.4 Å². The summed E-state index contributed by atoms with van der Waals surface area (Å²) in [6, 6.07) is 11.0. The second-order valence-electron chi connectivity index (χ2n) is 5.16. The van der Waals surface area contributed by atoms with E-state index in [2.05, 4.69) is 10.6 Å². The molecule has 0 aliphatic carbocycles. The second-order valence-corrected chi connectivity index (χ2v) is 5.60. The Bertz CT molecular complexity index is 823. The van der Waals surface area contributed by atoms with Crippen LogP contribution >= 0.6 is 11.6 Å². The zero-order chi connectivity index (χ0) is 18.4. The first-order chi connectivity index (χ1) is 11.9.